The van der Waals surface area contributed by atoms with Crippen molar-refractivity contribution in [2.24, 2.45) is 0 Å². The van der Waals surface area contributed by atoms with Crippen molar-refractivity contribution >= 4 is 10.0 Å². The first-order valence-electron chi connectivity index (χ1n) is 7.11. The highest BCUT2D eigenvalue weighted by Crippen LogP contribution is 2.26. The second-order valence-electron chi connectivity index (χ2n) is 5.58. The summed E-state index contributed by atoms with van der Waals surface area (Å²) < 4.78 is 24.7. The van der Waals surface area contributed by atoms with Gasteiger partial charge in [-0.05, 0) is 45.0 Å². The Morgan fingerprint density at radius 3 is 2.65 bits per heavy atom. The minimum Gasteiger partial charge on any atom is -0.303 e. The zero-order chi connectivity index (χ0) is 14.6. The topological polar surface area (TPSA) is 69.3 Å². The van der Waals surface area contributed by atoms with Crippen molar-refractivity contribution in [2.75, 3.05) is 39.5 Å². The quantitative estimate of drug-likeness (QED) is 0.846. The minimum atomic E-state index is -3.05. The zero-order valence-electron chi connectivity index (χ0n) is 12.2. The molecule has 0 aromatic carbocycles. The van der Waals surface area contributed by atoms with Gasteiger partial charge in [-0.25, -0.2) is 12.7 Å². The van der Waals surface area contributed by atoms with E-state index in [1.807, 2.05) is 6.07 Å². The van der Waals surface area contributed by atoms with Gasteiger partial charge in [-0.3, -0.25) is 5.10 Å². The highest BCUT2D eigenvalue weighted by atomic mass is 32.2. The number of rotatable bonds is 6. The Morgan fingerprint density at radius 2 is 2.10 bits per heavy atom. The summed E-state index contributed by atoms with van der Waals surface area (Å²) in [7, 11) is 0.125. The Morgan fingerprint density at radius 1 is 1.40 bits per heavy atom. The van der Waals surface area contributed by atoms with Gasteiger partial charge in [0.25, 0.3) is 0 Å². The molecule has 0 aliphatic carbocycles. The molecule has 2 heterocycles. The van der Waals surface area contributed by atoms with E-state index in [2.05, 4.69) is 15.1 Å². The van der Waals surface area contributed by atoms with Crippen LogP contribution in [-0.4, -0.2) is 67.3 Å². The van der Waals surface area contributed by atoms with Crippen molar-refractivity contribution in [2.45, 2.75) is 25.2 Å². The first kappa shape index (κ1) is 15.5. The summed E-state index contributed by atoms with van der Waals surface area (Å²) in [5.41, 5.74) is 1.22. The normalized spacial score (nSPS) is 18.8. The fraction of sp³-hybridized carbons (Fsp3) is 0.769. The van der Waals surface area contributed by atoms with E-state index in [-0.39, 0.29) is 5.75 Å². The van der Waals surface area contributed by atoms with Crippen LogP contribution >= 0.6 is 0 Å². The third kappa shape index (κ3) is 4.04. The summed E-state index contributed by atoms with van der Waals surface area (Å²) in [6.07, 6.45) is 4.73. The molecule has 0 unspecified atom stereocenters. The van der Waals surface area contributed by atoms with Crippen LogP contribution in [0.25, 0.3) is 0 Å². The van der Waals surface area contributed by atoms with Gasteiger partial charge in [0, 0.05) is 31.9 Å². The van der Waals surface area contributed by atoms with E-state index in [0.717, 1.165) is 32.5 Å². The Kier molecular flexibility index (Phi) is 5.17. The van der Waals surface area contributed by atoms with Gasteiger partial charge in [0.1, 0.15) is 0 Å². The highest BCUT2D eigenvalue weighted by Gasteiger charge is 2.22. The first-order chi connectivity index (χ1) is 9.49. The van der Waals surface area contributed by atoms with Gasteiger partial charge in [0.05, 0.1) is 5.75 Å². The van der Waals surface area contributed by atoms with Gasteiger partial charge >= 0.3 is 0 Å². The number of aromatic amines is 1. The molecule has 0 amide bonds. The molecular weight excluding hydrogens is 276 g/mol. The monoisotopic (exact) mass is 300 g/mol. The van der Waals surface area contributed by atoms with Crippen molar-refractivity contribution < 1.29 is 8.42 Å². The van der Waals surface area contributed by atoms with Crippen molar-refractivity contribution in [1.82, 2.24) is 19.4 Å². The molecule has 1 aromatic rings. The van der Waals surface area contributed by atoms with Gasteiger partial charge in [0.15, 0.2) is 0 Å². The van der Waals surface area contributed by atoms with Crippen LogP contribution in [0.5, 0.6) is 0 Å². The molecule has 1 saturated heterocycles. The minimum absolute atomic E-state index is 0.237. The second kappa shape index (κ2) is 6.69. The Balaban J connectivity index is 1.70. The Bertz CT molecular complexity index is 490. The van der Waals surface area contributed by atoms with Crippen LogP contribution in [0.15, 0.2) is 12.3 Å². The van der Waals surface area contributed by atoms with E-state index < -0.39 is 10.0 Å². The molecule has 7 heteroatoms. The third-order valence-corrected chi connectivity index (χ3v) is 5.90. The zero-order valence-corrected chi connectivity index (χ0v) is 13.1. The summed E-state index contributed by atoms with van der Waals surface area (Å²) in [6.45, 7) is 2.93. The lowest BCUT2D eigenvalue weighted by Crippen LogP contribution is -2.35. The molecule has 0 bridgehead atoms. The summed E-state index contributed by atoms with van der Waals surface area (Å²) >= 11 is 0. The van der Waals surface area contributed by atoms with Gasteiger partial charge in [-0.15, -0.1) is 0 Å². The second-order valence-corrected chi connectivity index (χ2v) is 7.88. The predicted octanol–water partition coefficient (Wildman–Crippen LogP) is 0.871. The molecule has 6 nitrogen and oxygen atoms in total. The van der Waals surface area contributed by atoms with E-state index in [1.54, 1.807) is 20.3 Å². The lowest BCUT2D eigenvalue weighted by Gasteiger charge is -2.31. The van der Waals surface area contributed by atoms with Crippen molar-refractivity contribution in [3.05, 3.63) is 18.0 Å². The number of piperidine rings is 1. The average Bonchev–Trinajstić information content (AvgIpc) is 2.93. The van der Waals surface area contributed by atoms with Gasteiger partial charge in [0.2, 0.25) is 10.0 Å². The molecule has 0 saturated carbocycles. The van der Waals surface area contributed by atoms with Crippen LogP contribution in [0, 0.1) is 0 Å². The fourth-order valence-corrected chi connectivity index (χ4v) is 3.47. The maximum absolute atomic E-state index is 11.7. The molecule has 1 aliphatic heterocycles. The number of aromatic nitrogens is 2. The summed E-state index contributed by atoms with van der Waals surface area (Å²) in [5, 5.41) is 7.04. The highest BCUT2D eigenvalue weighted by molar-refractivity contribution is 7.89. The molecule has 20 heavy (non-hydrogen) atoms. The van der Waals surface area contributed by atoms with Crippen LogP contribution in [0.3, 0.4) is 0 Å². The standard InChI is InChI=1S/C13H24N4O2S/c1-16(2)20(18,19)11-3-8-17-9-5-12(6-10-17)13-4-7-14-15-13/h4,7,12H,3,5-6,8-11H2,1-2H3,(H,14,15). The number of nitrogens with zero attached hydrogens (tertiary/aromatic N) is 3. The molecular formula is C13H24N4O2S. The van der Waals surface area contributed by atoms with Crippen molar-refractivity contribution in [3.63, 3.8) is 0 Å². The number of hydrogen-bond donors (Lipinski definition) is 1. The number of H-pyrrole nitrogens is 1. The molecule has 1 aromatic heterocycles. The summed E-state index contributed by atoms with van der Waals surface area (Å²) in [5.74, 6) is 0.805. The maximum Gasteiger partial charge on any atom is 0.213 e. The Labute approximate surface area is 121 Å². The van der Waals surface area contributed by atoms with E-state index in [4.69, 9.17) is 0 Å². The number of nitrogens with one attached hydrogen (secondary N) is 1. The summed E-state index contributed by atoms with van der Waals surface area (Å²) in [6, 6.07) is 2.05. The van der Waals surface area contributed by atoms with Gasteiger partial charge < -0.3 is 4.90 Å². The van der Waals surface area contributed by atoms with E-state index >= 15 is 0 Å². The van der Waals surface area contributed by atoms with E-state index in [9.17, 15) is 8.42 Å². The molecule has 1 aliphatic rings. The SMILES string of the molecule is CN(C)S(=O)(=O)CCCN1CCC(c2ccn[nH]2)CC1. The summed E-state index contributed by atoms with van der Waals surface area (Å²) in [4.78, 5) is 2.36. The number of likely N-dealkylation sites (tertiary alicyclic amines) is 1. The van der Waals surface area contributed by atoms with Crippen LogP contribution in [0.2, 0.25) is 0 Å². The smallest absolute Gasteiger partial charge is 0.213 e. The molecule has 0 atom stereocenters. The Hall–Kier alpha value is -0.920. The predicted molar refractivity (Wildman–Crippen MR) is 79.1 cm³/mol. The first-order valence-corrected chi connectivity index (χ1v) is 8.72. The number of sulfonamides is 1. The van der Waals surface area contributed by atoms with Crippen molar-refractivity contribution in [1.29, 1.82) is 0 Å². The van der Waals surface area contributed by atoms with Crippen LogP contribution < -0.4 is 0 Å². The maximum atomic E-state index is 11.7. The van der Waals surface area contributed by atoms with E-state index in [0.29, 0.717) is 12.3 Å². The molecule has 0 radical (unpaired) electrons. The third-order valence-electron chi connectivity index (χ3n) is 3.98. The molecule has 114 valence electrons. The van der Waals surface area contributed by atoms with Gasteiger partial charge in [-0.2, -0.15) is 5.10 Å². The van der Waals surface area contributed by atoms with Crippen molar-refractivity contribution in [3.8, 4) is 0 Å². The van der Waals surface area contributed by atoms with Gasteiger partial charge in [-0.1, -0.05) is 0 Å². The van der Waals surface area contributed by atoms with Crippen LogP contribution in [-0.2, 0) is 10.0 Å². The molecule has 1 fully saturated rings. The van der Waals surface area contributed by atoms with Crippen LogP contribution in [0.4, 0.5) is 0 Å². The number of hydrogen-bond acceptors (Lipinski definition) is 4. The molecule has 0 spiro atoms. The van der Waals surface area contributed by atoms with E-state index in [1.165, 1.54) is 10.00 Å². The lowest BCUT2D eigenvalue weighted by atomic mass is 9.94. The molecule has 2 rings (SSSR count). The molecule has 1 N–H and O–H groups in total. The fourth-order valence-electron chi connectivity index (χ4n) is 2.61. The van der Waals surface area contributed by atoms with Crippen LogP contribution in [0.1, 0.15) is 30.9 Å². The lowest BCUT2D eigenvalue weighted by molar-refractivity contribution is 0.211. The largest absolute Gasteiger partial charge is 0.303 e. The average molecular weight is 300 g/mol.